The summed E-state index contributed by atoms with van der Waals surface area (Å²) in [5.74, 6) is 0.0127. The molecule has 1 unspecified atom stereocenters. The van der Waals surface area contributed by atoms with Crippen LogP contribution in [0.4, 0.5) is 0 Å². The van der Waals surface area contributed by atoms with E-state index in [1.165, 1.54) is 0 Å². The summed E-state index contributed by atoms with van der Waals surface area (Å²) in [5.41, 5.74) is 2.72. The van der Waals surface area contributed by atoms with Crippen molar-refractivity contribution in [1.82, 2.24) is 24.5 Å². The molecule has 0 saturated carbocycles. The van der Waals surface area contributed by atoms with E-state index in [0.29, 0.717) is 6.54 Å². The van der Waals surface area contributed by atoms with Gasteiger partial charge in [0, 0.05) is 20.3 Å². The molecule has 1 atom stereocenters. The topological polar surface area (TPSA) is 56.0 Å². The van der Waals surface area contributed by atoms with E-state index in [4.69, 9.17) is 0 Å². The van der Waals surface area contributed by atoms with Crippen molar-refractivity contribution in [2.24, 2.45) is 7.05 Å². The number of carbonyl (C=O) groups is 1. The van der Waals surface area contributed by atoms with Crippen LogP contribution in [-0.4, -0.2) is 37.4 Å². The van der Waals surface area contributed by atoms with Gasteiger partial charge in [0.15, 0.2) is 0 Å². The van der Waals surface area contributed by atoms with E-state index >= 15 is 0 Å². The molecule has 7 heteroatoms. The van der Waals surface area contributed by atoms with Gasteiger partial charge >= 0.3 is 0 Å². The van der Waals surface area contributed by atoms with Crippen LogP contribution in [0.2, 0.25) is 0 Å². The third-order valence-electron chi connectivity index (χ3n) is 3.51. The average Bonchev–Trinajstić information content (AvgIpc) is 2.96. The fourth-order valence-corrected chi connectivity index (χ4v) is 2.57. The van der Waals surface area contributed by atoms with Crippen LogP contribution < -0.4 is 0 Å². The van der Waals surface area contributed by atoms with Gasteiger partial charge in [0.1, 0.15) is 6.04 Å². The molecule has 0 aliphatic rings. The van der Waals surface area contributed by atoms with Gasteiger partial charge in [0.05, 0.1) is 28.1 Å². The number of aromatic nitrogens is 4. The minimum atomic E-state index is -0.344. The molecule has 21 heavy (non-hydrogen) atoms. The lowest BCUT2D eigenvalue weighted by atomic mass is 10.2. The van der Waals surface area contributed by atoms with Crippen LogP contribution in [0.1, 0.15) is 30.0 Å². The Kier molecular flexibility index (Phi) is 4.51. The Morgan fingerprint density at radius 2 is 2.10 bits per heavy atom. The van der Waals surface area contributed by atoms with Gasteiger partial charge in [-0.25, -0.2) is 0 Å². The van der Waals surface area contributed by atoms with Gasteiger partial charge in [-0.3, -0.25) is 14.2 Å². The number of carbonyl (C=O) groups excluding carboxylic acids is 1. The molecule has 2 aromatic heterocycles. The Morgan fingerprint density at radius 1 is 1.43 bits per heavy atom. The SMILES string of the molecule is Cc1nn(C(C)C(=O)N(C)Cc2ccn(C)n2)c(C)c1Br. The minimum Gasteiger partial charge on any atom is -0.338 e. The zero-order valence-electron chi connectivity index (χ0n) is 13.0. The molecule has 0 saturated heterocycles. The van der Waals surface area contributed by atoms with Crippen LogP contribution in [0.15, 0.2) is 16.7 Å². The van der Waals surface area contributed by atoms with Crippen molar-refractivity contribution >= 4 is 21.8 Å². The molecule has 114 valence electrons. The maximum atomic E-state index is 12.5. The molecule has 0 aliphatic heterocycles. The molecule has 0 radical (unpaired) electrons. The predicted octanol–water partition coefficient (Wildman–Crippen LogP) is 2.22. The van der Waals surface area contributed by atoms with Crippen molar-refractivity contribution in [1.29, 1.82) is 0 Å². The molecule has 2 aromatic rings. The van der Waals surface area contributed by atoms with Gasteiger partial charge in [-0.2, -0.15) is 10.2 Å². The smallest absolute Gasteiger partial charge is 0.247 e. The van der Waals surface area contributed by atoms with Crippen molar-refractivity contribution in [2.45, 2.75) is 33.4 Å². The van der Waals surface area contributed by atoms with Gasteiger partial charge in [-0.05, 0) is 42.8 Å². The molecule has 2 heterocycles. The third kappa shape index (κ3) is 3.18. The van der Waals surface area contributed by atoms with Crippen LogP contribution in [0.5, 0.6) is 0 Å². The third-order valence-corrected chi connectivity index (χ3v) is 4.65. The van der Waals surface area contributed by atoms with Gasteiger partial charge in [0.2, 0.25) is 5.91 Å². The Labute approximate surface area is 132 Å². The van der Waals surface area contributed by atoms with E-state index in [1.807, 2.05) is 40.1 Å². The summed E-state index contributed by atoms with van der Waals surface area (Å²) in [6.07, 6.45) is 1.87. The molecule has 0 spiro atoms. The molecule has 0 aliphatic carbocycles. The summed E-state index contributed by atoms with van der Waals surface area (Å²) in [4.78, 5) is 14.2. The largest absolute Gasteiger partial charge is 0.338 e. The van der Waals surface area contributed by atoms with Crippen LogP contribution in [0, 0.1) is 13.8 Å². The summed E-state index contributed by atoms with van der Waals surface area (Å²) < 4.78 is 4.45. The van der Waals surface area contributed by atoms with E-state index in [-0.39, 0.29) is 11.9 Å². The fourth-order valence-electron chi connectivity index (χ4n) is 2.31. The number of rotatable bonds is 4. The number of halogens is 1. The molecule has 6 nitrogen and oxygen atoms in total. The van der Waals surface area contributed by atoms with E-state index < -0.39 is 0 Å². The molecule has 1 amide bonds. The summed E-state index contributed by atoms with van der Waals surface area (Å²) in [7, 11) is 3.65. The first-order chi connectivity index (χ1) is 9.81. The number of hydrogen-bond donors (Lipinski definition) is 0. The highest BCUT2D eigenvalue weighted by Gasteiger charge is 2.23. The Morgan fingerprint density at radius 3 is 2.57 bits per heavy atom. The molecular formula is C14H20BrN5O. The lowest BCUT2D eigenvalue weighted by molar-refractivity contribution is -0.133. The van der Waals surface area contributed by atoms with Crippen molar-refractivity contribution < 1.29 is 4.79 Å². The van der Waals surface area contributed by atoms with E-state index in [0.717, 1.165) is 21.6 Å². The second-order valence-electron chi connectivity index (χ2n) is 5.28. The molecule has 0 aromatic carbocycles. The van der Waals surface area contributed by atoms with Crippen LogP contribution in [0.25, 0.3) is 0 Å². The van der Waals surface area contributed by atoms with E-state index in [2.05, 4.69) is 26.1 Å². The maximum Gasteiger partial charge on any atom is 0.247 e. The van der Waals surface area contributed by atoms with Crippen molar-refractivity contribution in [3.63, 3.8) is 0 Å². The highest BCUT2D eigenvalue weighted by molar-refractivity contribution is 9.10. The van der Waals surface area contributed by atoms with Gasteiger partial charge in [-0.1, -0.05) is 0 Å². The van der Waals surface area contributed by atoms with Gasteiger partial charge in [0.25, 0.3) is 0 Å². The number of amides is 1. The van der Waals surface area contributed by atoms with Crippen LogP contribution in [-0.2, 0) is 18.4 Å². The Bertz CT molecular complexity index is 660. The van der Waals surface area contributed by atoms with Crippen molar-refractivity contribution in [3.8, 4) is 0 Å². The number of nitrogens with zero attached hydrogens (tertiary/aromatic N) is 5. The van der Waals surface area contributed by atoms with Gasteiger partial charge in [-0.15, -0.1) is 0 Å². The first-order valence-electron chi connectivity index (χ1n) is 6.76. The Hall–Kier alpha value is -1.63. The zero-order valence-corrected chi connectivity index (χ0v) is 14.5. The number of aryl methyl sites for hydroxylation is 2. The zero-order chi connectivity index (χ0) is 15.7. The lowest BCUT2D eigenvalue weighted by Crippen LogP contribution is -2.33. The summed E-state index contributed by atoms with van der Waals surface area (Å²) in [6, 6.07) is 1.57. The second-order valence-corrected chi connectivity index (χ2v) is 6.07. The van der Waals surface area contributed by atoms with Crippen molar-refractivity contribution in [3.05, 3.63) is 33.8 Å². The second kappa shape index (κ2) is 6.01. The first kappa shape index (κ1) is 15.8. The minimum absolute atomic E-state index is 0.0127. The highest BCUT2D eigenvalue weighted by Crippen LogP contribution is 2.23. The normalized spacial score (nSPS) is 12.5. The maximum absolute atomic E-state index is 12.5. The highest BCUT2D eigenvalue weighted by atomic mass is 79.9. The summed E-state index contributed by atoms with van der Waals surface area (Å²) in [5, 5.41) is 8.72. The van der Waals surface area contributed by atoms with E-state index in [9.17, 15) is 4.79 Å². The Balaban J connectivity index is 2.12. The van der Waals surface area contributed by atoms with E-state index in [1.54, 1.807) is 21.3 Å². The fraction of sp³-hybridized carbons (Fsp3) is 0.500. The molecule has 0 N–H and O–H groups in total. The lowest BCUT2D eigenvalue weighted by Gasteiger charge is -2.21. The predicted molar refractivity (Wildman–Crippen MR) is 83.8 cm³/mol. The number of likely N-dealkylation sites (N-methyl/N-ethyl adjacent to an activating group) is 1. The van der Waals surface area contributed by atoms with Crippen LogP contribution in [0.3, 0.4) is 0 Å². The van der Waals surface area contributed by atoms with Crippen molar-refractivity contribution in [2.75, 3.05) is 7.05 Å². The molecule has 0 fully saturated rings. The molecular weight excluding hydrogens is 334 g/mol. The first-order valence-corrected chi connectivity index (χ1v) is 7.55. The summed E-state index contributed by atoms with van der Waals surface area (Å²) >= 11 is 3.49. The quantitative estimate of drug-likeness (QED) is 0.846. The standard InChI is InChI=1S/C14H20BrN5O/c1-9-13(15)10(2)20(16-9)11(3)14(21)18(4)8-12-6-7-19(5)17-12/h6-7,11H,8H2,1-5H3. The average molecular weight is 354 g/mol. The van der Waals surface area contributed by atoms with Crippen LogP contribution >= 0.6 is 15.9 Å². The molecule has 2 rings (SSSR count). The summed E-state index contributed by atoms with van der Waals surface area (Å²) in [6.45, 7) is 6.22. The number of hydrogen-bond acceptors (Lipinski definition) is 3. The molecule has 0 bridgehead atoms. The van der Waals surface area contributed by atoms with Gasteiger partial charge < -0.3 is 4.90 Å². The monoisotopic (exact) mass is 353 g/mol.